The predicted octanol–water partition coefficient (Wildman–Crippen LogP) is 4.55. The summed E-state index contributed by atoms with van der Waals surface area (Å²) in [5, 5.41) is 24.0. The van der Waals surface area contributed by atoms with Gasteiger partial charge in [0.25, 0.3) is 11.8 Å². The summed E-state index contributed by atoms with van der Waals surface area (Å²) in [4.78, 5) is 28.2. The van der Waals surface area contributed by atoms with Crippen LogP contribution in [-0.4, -0.2) is 65.4 Å². The van der Waals surface area contributed by atoms with Crippen molar-refractivity contribution >= 4 is 11.8 Å². The molecule has 0 spiro atoms. The third kappa shape index (κ3) is 9.15. The molecule has 7 nitrogen and oxygen atoms in total. The minimum absolute atomic E-state index is 0.0584. The fraction of sp³-hybridized carbons (Fsp3) is 0.517. The van der Waals surface area contributed by atoms with E-state index in [1.165, 1.54) is 6.07 Å². The Hall–Kier alpha value is -2.88. The van der Waals surface area contributed by atoms with Gasteiger partial charge in [-0.05, 0) is 67.6 Å². The molecule has 2 aromatic rings. The number of aliphatic hydroxyl groups excluding tert-OH is 2. The molecule has 2 rings (SSSR count). The fourth-order valence-corrected chi connectivity index (χ4v) is 4.19. The molecule has 0 aliphatic heterocycles. The summed E-state index contributed by atoms with van der Waals surface area (Å²) < 4.78 is 33.5. The van der Waals surface area contributed by atoms with Crippen LogP contribution in [0.3, 0.4) is 0 Å². The molecule has 0 aliphatic rings. The van der Waals surface area contributed by atoms with Gasteiger partial charge in [0.05, 0.1) is 12.6 Å². The Balaban J connectivity index is 2.36. The number of unbranched alkanes of at least 4 members (excludes halogenated alkanes) is 1. The maximum atomic E-state index is 14.0. The number of hydrogen-bond donors (Lipinski definition) is 3. The first kappa shape index (κ1) is 31.3. The van der Waals surface area contributed by atoms with Gasteiger partial charge in [-0.25, -0.2) is 8.78 Å². The summed E-state index contributed by atoms with van der Waals surface area (Å²) in [7, 11) is 0. The van der Waals surface area contributed by atoms with E-state index in [-0.39, 0.29) is 23.6 Å². The Labute approximate surface area is 223 Å². The highest BCUT2D eigenvalue weighted by Crippen LogP contribution is 2.23. The summed E-state index contributed by atoms with van der Waals surface area (Å²) in [6, 6.07) is 6.03. The molecule has 2 aromatic carbocycles. The van der Waals surface area contributed by atoms with Gasteiger partial charge in [-0.2, -0.15) is 0 Å². The first-order chi connectivity index (χ1) is 18.1. The highest BCUT2D eigenvalue weighted by molar-refractivity contribution is 6.00. The molecule has 0 fully saturated rings. The molecule has 0 radical (unpaired) electrons. The van der Waals surface area contributed by atoms with Gasteiger partial charge in [0.15, 0.2) is 0 Å². The van der Waals surface area contributed by atoms with E-state index in [0.717, 1.165) is 37.8 Å². The largest absolute Gasteiger partial charge is 0.388 e. The minimum atomic E-state index is -1.63. The summed E-state index contributed by atoms with van der Waals surface area (Å²) in [5.74, 6) is -2.66. The minimum Gasteiger partial charge on any atom is -0.388 e. The van der Waals surface area contributed by atoms with Crippen molar-refractivity contribution in [3.05, 3.63) is 70.3 Å². The van der Waals surface area contributed by atoms with Crippen LogP contribution in [0.4, 0.5) is 8.78 Å². The number of hydrogen-bond acceptors (Lipinski definition) is 5. The lowest BCUT2D eigenvalue weighted by molar-refractivity contribution is -0.0517. The second-order valence-electron chi connectivity index (χ2n) is 9.52. The predicted molar refractivity (Wildman–Crippen MR) is 142 cm³/mol. The lowest BCUT2D eigenvalue weighted by Gasteiger charge is -2.28. The number of aliphatic hydroxyl groups is 2. The average molecular weight is 535 g/mol. The Morgan fingerprint density at radius 2 is 1.53 bits per heavy atom. The fourth-order valence-electron chi connectivity index (χ4n) is 4.19. The van der Waals surface area contributed by atoms with Gasteiger partial charge in [0.1, 0.15) is 23.8 Å². The Bertz CT molecular complexity index is 1040. The normalized spacial score (nSPS) is 13.6. The number of halogens is 2. The molecule has 9 heteroatoms. The molecular formula is C29H40F2N2O5. The molecule has 38 heavy (non-hydrogen) atoms. The van der Waals surface area contributed by atoms with Crippen LogP contribution in [0, 0.1) is 18.6 Å². The van der Waals surface area contributed by atoms with Crippen LogP contribution in [0.25, 0.3) is 0 Å². The highest BCUT2D eigenvalue weighted by Gasteiger charge is 2.31. The van der Waals surface area contributed by atoms with Crippen molar-refractivity contribution < 1.29 is 33.3 Å². The maximum Gasteiger partial charge on any atom is 0.253 e. The van der Waals surface area contributed by atoms with Gasteiger partial charge in [0, 0.05) is 36.9 Å². The molecule has 0 heterocycles. The van der Waals surface area contributed by atoms with Gasteiger partial charge in [-0.3, -0.25) is 9.59 Å². The summed E-state index contributed by atoms with van der Waals surface area (Å²) in [6.45, 7) is 9.01. The number of rotatable bonds is 15. The van der Waals surface area contributed by atoms with Crippen LogP contribution in [0.2, 0.25) is 0 Å². The number of nitrogens with one attached hydrogen (secondary N) is 1. The molecule has 2 unspecified atom stereocenters. The van der Waals surface area contributed by atoms with E-state index < -0.39 is 35.8 Å². The molecule has 0 saturated heterocycles. The molecule has 3 N–H and O–H groups in total. The van der Waals surface area contributed by atoms with E-state index >= 15 is 0 Å². The van der Waals surface area contributed by atoms with Crippen molar-refractivity contribution in [2.24, 2.45) is 0 Å². The van der Waals surface area contributed by atoms with Gasteiger partial charge in [-0.15, -0.1) is 0 Å². The molecule has 2 amide bonds. The Morgan fingerprint density at radius 3 is 2.11 bits per heavy atom. The summed E-state index contributed by atoms with van der Waals surface area (Å²) in [6.07, 6.45) is 0.168. The van der Waals surface area contributed by atoms with Crippen LogP contribution in [0.1, 0.15) is 84.3 Å². The molecule has 3 atom stereocenters. The molecule has 0 aliphatic carbocycles. The van der Waals surface area contributed by atoms with Crippen LogP contribution < -0.4 is 5.32 Å². The van der Waals surface area contributed by atoms with E-state index in [4.69, 9.17) is 4.74 Å². The lowest BCUT2D eigenvalue weighted by Crippen LogP contribution is -2.44. The van der Waals surface area contributed by atoms with Crippen molar-refractivity contribution in [2.45, 2.75) is 71.6 Å². The van der Waals surface area contributed by atoms with E-state index in [1.807, 2.05) is 20.8 Å². The summed E-state index contributed by atoms with van der Waals surface area (Å²) >= 11 is 0. The first-order valence-corrected chi connectivity index (χ1v) is 13.2. The van der Waals surface area contributed by atoms with E-state index in [0.29, 0.717) is 36.9 Å². The first-order valence-electron chi connectivity index (χ1n) is 13.2. The lowest BCUT2D eigenvalue weighted by atomic mass is 9.96. The quantitative estimate of drug-likeness (QED) is 0.291. The average Bonchev–Trinajstić information content (AvgIpc) is 2.87. The topological polar surface area (TPSA) is 99.1 Å². The molecule has 0 aromatic heterocycles. The zero-order chi connectivity index (χ0) is 28.2. The molecule has 0 bridgehead atoms. The number of ether oxygens (including phenoxy) is 1. The van der Waals surface area contributed by atoms with E-state index in [1.54, 1.807) is 24.0 Å². The third-order valence-corrected chi connectivity index (χ3v) is 6.06. The smallest absolute Gasteiger partial charge is 0.253 e. The van der Waals surface area contributed by atoms with Gasteiger partial charge < -0.3 is 25.2 Å². The van der Waals surface area contributed by atoms with E-state index in [9.17, 15) is 28.6 Å². The number of aryl methyl sites for hydroxylation is 1. The van der Waals surface area contributed by atoms with Gasteiger partial charge >= 0.3 is 0 Å². The van der Waals surface area contributed by atoms with Crippen LogP contribution >= 0.6 is 0 Å². The van der Waals surface area contributed by atoms with Gasteiger partial charge in [0.2, 0.25) is 0 Å². The van der Waals surface area contributed by atoms with Crippen molar-refractivity contribution in [1.82, 2.24) is 10.2 Å². The molecular weight excluding hydrogens is 494 g/mol. The Kier molecular flexibility index (Phi) is 12.8. The molecule has 0 saturated carbocycles. The Morgan fingerprint density at radius 1 is 0.921 bits per heavy atom. The van der Waals surface area contributed by atoms with Crippen LogP contribution in [0.5, 0.6) is 0 Å². The maximum absolute atomic E-state index is 14.0. The van der Waals surface area contributed by atoms with E-state index in [2.05, 4.69) is 5.32 Å². The molecule has 210 valence electrons. The van der Waals surface area contributed by atoms with Crippen LogP contribution in [0.15, 0.2) is 36.4 Å². The van der Waals surface area contributed by atoms with Crippen molar-refractivity contribution in [2.75, 3.05) is 26.3 Å². The van der Waals surface area contributed by atoms with Crippen molar-refractivity contribution in [3.8, 4) is 0 Å². The highest BCUT2D eigenvalue weighted by atomic mass is 19.1. The van der Waals surface area contributed by atoms with Crippen molar-refractivity contribution in [1.29, 1.82) is 0 Å². The van der Waals surface area contributed by atoms with Gasteiger partial charge in [-0.1, -0.05) is 27.2 Å². The number of carbonyl (C=O) groups excluding carboxylic acids is 2. The third-order valence-electron chi connectivity index (χ3n) is 6.06. The SMILES string of the molecule is CCCCOCC(O)[C@H](O)C(NC(=O)c1cc(C)cc(C(=O)N(CCC)CCC)c1)c1cc(F)cc(F)c1. The number of benzene rings is 2. The number of nitrogens with zero attached hydrogens (tertiary/aromatic N) is 1. The van der Waals surface area contributed by atoms with Crippen LogP contribution in [-0.2, 0) is 4.74 Å². The zero-order valence-electron chi connectivity index (χ0n) is 22.7. The number of amides is 2. The standard InChI is InChI=1S/C29H40F2N2O5/c1-5-8-11-38-18-25(34)27(35)26(20-15-23(30)17-24(31)16-20)32-28(36)21-12-19(4)13-22(14-21)29(37)33(9-6-2)10-7-3/h12-17,25-27,34-35H,5-11,18H2,1-4H3,(H,32,36)/t25?,26?,27-/m0/s1. The second kappa shape index (κ2) is 15.5. The second-order valence-corrected chi connectivity index (χ2v) is 9.52. The number of carbonyl (C=O) groups is 2. The zero-order valence-corrected chi connectivity index (χ0v) is 22.7. The monoisotopic (exact) mass is 534 g/mol. The van der Waals surface area contributed by atoms with Crippen molar-refractivity contribution in [3.63, 3.8) is 0 Å². The summed E-state index contributed by atoms with van der Waals surface area (Å²) in [5.41, 5.74) is 1.10.